The smallest absolute Gasteiger partial charge is 0.193 e. The van der Waals surface area contributed by atoms with Crippen molar-refractivity contribution in [3.05, 3.63) is 65.8 Å². The van der Waals surface area contributed by atoms with Crippen LogP contribution in [0.25, 0.3) is 0 Å². The van der Waals surface area contributed by atoms with Gasteiger partial charge in [-0.1, -0.05) is 37.0 Å². The zero-order valence-electron chi connectivity index (χ0n) is 15.8. The van der Waals surface area contributed by atoms with E-state index in [2.05, 4.69) is 13.2 Å². The Labute approximate surface area is 154 Å². The van der Waals surface area contributed by atoms with Crippen molar-refractivity contribution < 1.29 is 24.1 Å². The lowest BCUT2D eigenvalue weighted by Gasteiger charge is -2.17. The van der Waals surface area contributed by atoms with E-state index < -0.39 is 5.78 Å². The molecular weight excluding hydrogens is 332 g/mol. The van der Waals surface area contributed by atoms with E-state index in [1.165, 1.54) is 32.4 Å². The zero-order chi connectivity index (χ0) is 19.7. The molecule has 5 heteroatoms. The average Bonchev–Trinajstić information content (AvgIpc) is 2.62. The second-order valence-corrected chi connectivity index (χ2v) is 5.79. The van der Waals surface area contributed by atoms with E-state index in [9.17, 15) is 9.90 Å². The normalized spacial score (nSPS) is 10.5. The number of ether oxygens (including phenoxy) is 3. The van der Waals surface area contributed by atoms with Crippen LogP contribution in [0, 0.1) is 0 Å². The van der Waals surface area contributed by atoms with Crippen LogP contribution in [0.4, 0.5) is 0 Å². The van der Waals surface area contributed by atoms with Crippen LogP contribution in [0.5, 0.6) is 17.2 Å². The SMILES string of the molecule is C=CC(=C)C=CC(=O)c1c(OC)cc(OCOC)c(CC=C(C)C)c1O. The lowest BCUT2D eigenvalue weighted by molar-refractivity contribution is 0.0502. The number of allylic oxidation sites excluding steroid dienone is 6. The molecule has 0 atom stereocenters. The fourth-order valence-electron chi connectivity index (χ4n) is 2.15. The summed E-state index contributed by atoms with van der Waals surface area (Å²) in [6.45, 7) is 11.2. The summed E-state index contributed by atoms with van der Waals surface area (Å²) in [5.74, 6) is 0.0362. The topological polar surface area (TPSA) is 65.0 Å². The van der Waals surface area contributed by atoms with Crippen molar-refractivity contribution in [2.24, 2.45) is 0 Å². The molecule has 1 aromatic carbocycles. The van der Waals surface area contributed by atoms with Crippen LogP contribution in [-0.2, 0) is 11.2 Å². The second kappa shape index (κ2) is 10.3. The molecule has 0 aliphatic carbocycles. The predicted octanol–water partition coefficient (Wildman–Crippen LogP) is 4.37. The van der Waals surface area contributed by atoms with Gasteiger partial charge in [-0.15, -0.1) is 0 Å². The molecule has 0 radical (unpaired) electrons. The van der Waals surface area contributed by atoms with Crippen LogP contribution in [-0.4, -0.2) is 31.9 Å². The summed E-state index contributed by atoms with van der Waals surface area (Å²) in [5, 5.41) is 10.8. The molecule has 0 heterocycles. The minimum Gasteiger partial charge on any atom is -0.507 e. The Morgan fingerprint density at radius 3 is 2.46 bits per heavy atom. The van der Waals surface area contributed by atoms with Crippen molar-refractivity contribution >= 4 is 5.78 Å². The maximum Gasteiger partial charge on any atom is 0.193 e. The molecule has 0 aliphatic rings. The highest BCUT2D eigenvalue weighted by molar-refractivity contribution is 6.09. The Bertz CT molecular complexity index is 737. The Morgan fingerprint density at radius 2 is 1.92 bits per heavy atom. The molecule has 0 bridgehead atoms. The summed E-state index contributed by atoms with van der Waals surface area (Å²) < 4.78 is 15.8. The largest absolute Gasteiger partial charge is 0.507 e. The van der Waals surface area contributed by atoms with Crippen LogP contribution in [0.3, 0.4) is 0 Å². The van der Waals surface area contributed by atoms with Gasteiger partial charge in [-0.3, -0.25) is 4.79 Å². The number of aromatic hydroxyl groups is 1. The molecule has 0 aliphatic heterocycles. The number of methoxy groups -OCH3 is 2. The van der Waals surface area contributed by atoms with Gasteiger partial charge in [0.15, 0.2) is 12.6 Å². The molecule has 0 fully saturated rings. The summed E-state index contributed by atoms with van der Waals surface area (Å²) in [5.41, 5.74) is 2.22. The lowest BCUT2D eigenvalue weighted by Crippen LogP contribution is -2.07. The summed E-state index contributed by atoms with van der Waals surface area (Å²) in [6, 6.07) is 1.58. The number of hydrogen-bond donors (Lipinski definition) is 1. The second-order valence-electron chi connectivity index (χ2n) is 5.79. The first kappa shape index (κ1) is 21.3. The Hall–Kier alpha value is -2.79. The van der Waals surface area contributed by atoms with Crippen LogP contribution < -0.4 is 9.47 Å². The summed E-state index contributed by atoms with van der Waals surface area (Å²) >= 11 is 0. The van der Waals surface area contributed by atoms with Gasteiger partial charge in [0.2, 0.25) is 0 Å². The first-order valence-electron chi connectivity index (χ1n) is 8.07. The third kappa shape index (κ3) is 5.63. The highest BCUT2D eigenvalue weighted by Crippen LogP contribution is 2.39. The van der Waals surface area contributed by atoms with E-state index in [0.717, 1.165) is 5.57 Å². The molecule has 26 heavy (non-hydrogen) atoms. The Balaban J connectivity index is 3.48. The minimum absolute atomic E-state index is 0.0107. The lowest BCUT2D eigenvalue weighted by atomic mass is 9.99. The Kier molecular flexibility index (Phi) is 8.38. The number of carbonyl (C=O) groups is 1. The van der Waals surface area contributed by atoms with Crippen LogP contribution in [0.2, 0.25) is 0 Å². The predicted molar refractivity (Wildman–Crippen MR) is 103 cm³/mol. The van der Waals surface area contributed by atoms with Crippen molar-refractivity contribution in [2.75, 3.05) is 21.0 Å². The van der Waals surface area contributed by atoms with Crippen molar-refractivity contribution in [3.63, 3.8) is 0 Å². The van der Waals surface area contributed by atoms with Crippen LogP contribution in [0.1, 0.15) is 29.8 Å². The maximum atomic E-state index is 12.6. The van der Waals surface area contributed by atoms with Gasteiger partial charge in [-0.25, -0.2) is 0 Å². The van der Waals surface area contributed by atoms with Gasteiger partial charge >= 0.3 is 0 Å². The highest BCUT2D eigenvalue weighted by atomic mass is 16.7. The fraction of sp³-hybridized carbons (Fsp3) is 0.286. The third-order valence-corrected chi connectivity index (χ3v) is 3.55. The Morgan fingerprint density at radius 1 is 1.23 bits per heavy atom. The number of carbonyl (C=O) groups excluding carboxylic acids is 1. The molecule has 0 saturated heterocycles. The molecule has 1 N–H and O–H groups in total. The third-order valence-electron chi connectivity index (χ3n) is 3.55. The number of rotatable bonds is 10. The van der Waals surface area contributed by atoms with E-state index in [1.807, 2.05) is 19.9 Å². The van der Waals surface area contributed by atoms with Crippen LogP contribution >= 0.6 is 0 Å². The molecule has 1 aromatic rings. The standard InChI is InChI=1S/C21H26O5/c1-7-15(4)9-11-17(22)20-19(25-6)12-18(26-13-24-5)16(21(20)23)10-8-14(2)3/h7-9,11-12,23H,1,4,10,13H2,2-3,5-6H3. The molecule has 5 nitrogen and oxygen atoms in total. The molecule has 0 unspecified atom stereocenters. The monoisotopic (exact) mass is 358 g/mol. The number of benzene rings is 1. The quantitative estimate of drug-likeness (QED) is 0.221. The first-order valence-corrected chi connectivity index (χ1v) is 8.07. The van der Waals surface area contributed by atoms with Crippen LogP contribution in [0.15, 0.2) is 54.7 Å². The van der Waals surface area contributed by atoms with Gasteiger partial charge < -0.3 is 19.3 Å². The summed E-state index contributed by atoms with van der Waals surface area (Å²) in [4.78, 5) is 12.6. The number of phenolic OH excluding ortho intramolecular Hbond substituents is 1. The molecular formula is C21H26O5. The summed E-state index contributed by atoms with van der Waals surface area (Å²) in [7, 11) is 2.93. The van der Waals surface area contributed by atoms with Gasteiger partial charge in [0, 0.05) is 18.7 Å². The summed E-state index contributed by atoms with van der Waals surface area (Å²) in [6.07, 6.45) is 6.72. The molecule has 1 rings (SSSR count). The van der Waals surface area contributed by atoms with Gasteiger partial charge in [0.25, 0.3) is 0 Å². The number of ketones is 1. The van der Waals surface area contributed by atoms with E-state index in [4.69, 9.17) is 14.2 Å². The van der Waals surface area contributed by atoms with Crippen molar-refractivity contribution in [1.29, 1.82) is 0 Å². The molecule has 0 spiro atoms. The first-order chi connectivity index (χ1) is 12.3. The van der Waals surface area contributed by atoms with Gasteiger partial charge in [0.05, 0.1) is 7.11 Å². The molecule has 0 saturated carbocycles. The maximum absolute atomic E-state index is 12.6. The van der Waals surface area contributed by atoms with E-state index in [-0.39, 0.29) is 23.9 Å². The molecule has 0 aromatic heterocycles. The van der Waals surface area contributed by atoms with Gasteiger partial charge in [-0.2, -0.15) is 0 Å². The average molecular weight is 358 g/mol. The minimum atomic E-state index is -0.404. The van der Waals surface area contributed by atoms with Crippen molar-refractivity contribution in [2.45, 2.75) is 20.3 Å². The van der Waals surface area contributed by atoms with Gasteiger partial charge in [-0.05, 0) is 31.9 Å². The van der Waals surface area contributed by atoms with E-state index >= 15 is 0 Å². The van der Waals surface area contributed by atoms with Crippen molar-refractivity contribution in [3.8, 4) is 17.2 Å². The number of hydrogen-bond acceptors (Lipinski definition) is 5. The number of phenols is 1. The van der Waals surface area contributed by atoms with Gasteiger partial charge in [0.1, 0.15) is 22.8 Å². The molecule has 140 valence electrons. The highest BCUT2D eigenvalue weighted by Gasteiger charge is 2.22. The van der Waals surface area contributed by atoms with Crippen molar-refractivity contribution in [1.82, 2.24) is 0 Å². The van der Waals surface area contributed by atoms with E-state index in [1.54, 1.807) is 6.07 Å². The molecule has 0 amide bonds. The fourth-order valence-corrected chi connectivity index (χ4v) is 2.15. The zero-order valence-corrected chi connectivity index (χ0v) is 15.8. The van der Waals surface area contributed by atoms with E-state index in [0.29, 0.717) is 23.3 Å².